The first-order chi connectivity index (χ1) is 6.57. The van der Waals surface area contributed by atoms with Crippen molar-refractivity contribution < 1.29 is 9.53 Å². The third-order valence-electron chi connectivity index (χ3n) is 1.78. The third kappa shape index (κ3) is 6.86. The number of ether oxygens (including phenoxy) is 1. The lowest BCUT2D eigenvalue weighted by Crippen LogP contribution is -2.45. The number of carbonyl (C=O) groups excluding carboxylic acids is 1. The highest BCUT2D eigenvalue weighted by atomic mass is 16.5. The van der Waals surface area contributed by atoms with Crippen LogP contribution in [0.2, 0.25) is 0 Å². The van der Waals surface area contributed by atoms with E-state index in [0.717, 1.165) is 13.0 Å². The summed E-state index contributed by atoms with van der Waals surface area (Å²) in [5.41, 5.74) is 5.24. The first-order valence-electron chi connectivity index (χ1n) is 5.21. The summed E-state index contributed by atoms with van der Waals surface area (Å²) in [6.45, 7) is 7.36. The van der Waals surface area contributed by atoms with Crippen LogP contribution in [0.1, 0.15) is 33.6 Å². The number of rotatable bonds is 8. The Bertz CT molecular complexity index is 160. The van der Waals surface area contributed by atoms with Gasteiger partial charge in [0.1, 0.15) is 0 Å². The normalized spacial score (nSPS) is 13.1. The molecular weight excluding hydrogens is 180 g/mol. The Balaban J connectivity index is 3.68. The van der Waals surface area contributed by atoms with Crippen LogP contribution in [0.3, 0.4) is 0 Å². The Kier molecular flexibility index (Phi) is 7.42. The average molecular weight is 202 g/mol. The molecule has 0 rings (SSSR count). The molecule has 3 N–H and O–H groups in total. The van der Waals surface area contributed by atoms with Gasteiger partial charge < -0.3 is 15.8 Å². The van der Waals surface area contributed by atoms with Gasteiger partial charge in [-0.2, -0.15) is 0 Å². The minimum atomic E-state index is -0.307. The highest BCUT2D eigenvalue weighted by Gasteiger charge is 2.15. The molecule has 0 heterocycles. The van der Waals surface area contributed by atoms with Gasteiger partial charge in [-0.3, -0.25) is 4.79 Å². The Morgan fingerprint density at radius 1 is 1.43 bits per heavy atom. The molecule has 0 aromatic heterocycles. The molecule has 1 atom stereocenters. The number of nitrogens with one attached hydrogen (secondary N) is 1. The predicted molar refractivity (Wildman–Crippen MR) is 57.0 cm³/mol. The SMILES string of the molecule is CCCOCCC(NC(C)C)C(N)=O. The van der Waals surface area contributed by atoms with Crippen LogP contribution in [-0.2, 0) is 9.53 Å². The quantitative estimate of drug-likeness (QED) is 0.568. The molecule has 84 valence electrons. The van der Waals surface area contributed by atoms with Crippen molar-refractivity contribution in [2.45, 2.75) is 45.7 Å². The van der Waals surface area contributed by atoms with Crippen molar-refractivity contribution in [3.63, 3.8) is 0 Å². The van der Waals surface area contributed by atoms with Crippen LogP contribution in [-0.4, -0.2) is 31.2 Å². The summed E-state index contributed by atoms with van der Waals surface area (Å²) in [5, 5.41) is 3.10. The summed E-state index contributed by atoms with van der Waals surface area (Å²) in [6.07, 6.45) is 1.65. The summed E-state index contributed by atoms with van der Waals surface area (Å²) in [5.74, 6) is -0.307. The van der Waals surface area contributed by atoms with Crippen molar-refractivity contribution in [1.29, 1.82) is 0 Å². The molecule has 0 aliphatic heterocycles. The summed E-state index contributed by atoms with van der Waals surface area (Å²) >= 11 is 0. The van der Waals surface area contributed by atoms with E-state index in [1.807, 2.05) is 13.8 Å². The van der Waals surface area contributed by atoms with E-state index >= 15 is 0 Å². The molecule has 0 saturated heterocycles. The van der Waals surface area contributed by atoms with Crippen LogP contribution in [0, 0.1) is 0 Å². The summed E-state index contributed by atoms with van der Waals surface area (Å²) in [4.78, 5) is 11.0. The van der Waals surface area contributed by atoms with Crippen LogP contribution in [0.5, 0.6) is 0 Å². The van der Waals surface area contributed by atoms with Crippen LogP contribution in [0.4, 0.5) is 0 Å². The van der Waals surface area contributed by atoms with E-state index in [-0.39, 0.29) is 18.0 Å². The van der Waals surface area contributed by atoms with E-state index in [1.165, 1.54) is 0 Å². The van der Waals surface area contributed by atoms with E-state index in [0.29, 0.717) is 13.0 Å². The number of hydrogen-bond donors (Lipinski definition) is 2. The zero-order valence-corrected chi connectivity index (χ0v) is 9.38. The molecule has 14 heavy (non-hydrogen) atoms. The van der Waals surface area contributed by atoms with Gasteiger partial charge in [-0.05, 0) is 12.8 Å². The number of amides is 1. The van der Waals surface area contributed by atoms with Gasteiger partial charge in [0.25, 0.3) is 0 Å². The van der Waals surface area contributed by atoms with Crippen molar-refractivity contribution in [1.82, 2.24) is 5.32 Å². The second-order valence-corrected chi connectivity index (χ2v) is 3.68. The van der Waals surface area contributed by atoms with E-state index in [4.69, 9.17) is 10.5 Å². The minimum absolute atomic E-state index is 0.263. The van der Waals surface area contributed by atoms with Crippen molar-refractivity contribution in [3.05, 3.63) is 0 Å². The molecule has 0 saturated carbocycles. The van der Waals surface area contributed by atoms with Gasteiger partial charge >= 0.3 is 0 Å². The maximum Gasteiger partial charge on any atom is 0.234 e. The second kappa shape index (κ2) is 7.76. The molecule has 0 aliphatic carbocycles. The van der Waals surface area contributed by atoms with E-state index < -0.39 is 0 Å². The predicted octanol–water partition coefficient (Wildman–Crippen LogP) is 0.655. The van der Waals surface area contributed by atoms with Gasteiger partial charge in [0, 0.05) is 19.3 Å². The number of carbonyl (C=O) groups is 1. The lowest BCUT2D eigenvalue weighted by molar-refractivity contribution is -0.120. The standard InChI is InChI=1S/C10H22N2O2/c1-4-6-14-7-5-9(10(11)13)12-8(2)3/h8-9,12H,4-7H2,1-3H3,(H2,11,13). The highest BCUT2D eigenvalue weighted by Crippen LogP contribution is 1.95. The molecule has 4 heteroatoms. The first-order valence-corrected chi connectivity index (χ1v) is 5.21. The number of primary amides is 1. The number of nitrogens with two attached hydrogens (primary N) is 1. The van der Waals surface area contributed by atoms with Gasteiger partial charge in [-0.25, -0.2) is 0 Å². The molecule has 1 unspecified atom stereocenters. The van der Waals surface area contributed by atoms with E-state index in [1.54, 1.807) is 0 Å². The van der Waals surface area contributed by atoms with Crippen molar-refractivity contribution >= 4 is 5.91 Å². The number of hydrogen-bond acceptors (Lipinski definition) is 3. The fourth-order valence-corrected chi connectivity index (χ4v) is 1.16. The molecule has 0 aromatic rings. The van der Waals surface area contributed by atoms with Crippen molar-refractivity contribution in [2.24, 2.45) is 5.73 Å². The monoisotopic (exact) mass is 202 g/mol. The Morgan fingerprint density at radius 3 is 2.50 bits per heavy atom. The average Bonchev–Trinajstić information content (AvgIpc) is 2.09. The summed E-state index contributed by atoms with van der Waals surface area (Å²) in [6, 6.07) is -0.00877. The molecule has 0 aliphatic rings. The van der Waals surface area contributed by atoms with Gasteiger partial charge in [-0.15, -0.1) is 0 Å². The van der Waals surface area contributed by atoms with Crippen LogP contribution in [0.15, 0.2) is 0 Å². The van der Waals surface area contributed by atoms with Gasteiger partial charge in [0.2, 0.25) is 5.91 Å². The Hall–Kier alpha value is -0.610. The minimum Gasteiger partial charge on any atom is -0.381 e. The molecule has 1 amide bonds. The fourth-order valence-electron chi connectivity index (χ4n) is 1.16. The molecule has 0 aromatic carbocycles. The largest absolute Gasteiger partial charge is 0.381 e. The fraction of sp³-hybridized carbons (Fsp3) is 0.900. The lowest BCUT2D eigenvalue weighted by atomic mass is 10.2. The molecule has 4 nitrogen and oxygen atoms in total. The Morgan fingerprint density at radius 2 is 2.07 bits per heavy atom. The Labute approximate surface area is 86.2 Å². The lowest BCUT2D eigenvalue weighted by Gasteiger charge is -2.17. The smallest absolute Gasteiger partial charge is 0.234 e. The van der Waals surface area contributed by atoms with Gasteiger partial charge in [0.05, 0.1) is 6.04 Å². The summed E-state index contributed by atoms with van der Waals surface area (Å²) in [7, 11) is 0. The third-order valence-corrected chi connectivity index (χ3v) is 1.78. The first kappa shape index (κ1) is 13.4. The van der Waals surface area contributed by atoms with Crippen molar-refractivity contribution in [3.8, 4) is 0 Å². The van der Waals surface area contributed by atoms with Crippen LogP contribution >= 0.6 is 0 Å². The zero-order chi connectivity index (χ0) is 11.0. The van der Waals surface area contributed by atoms with Crippen molar-refractivity contribution in [2.75, 3.05) is 13.2 Å². The highest BCUT2D eigenvalue weighted by molar-refractivity contribution is 5.79. The molecule has 0 radical (unpaired) electrons. The van der Waals surface area contributed by atoms with Gasteiger partial charge in [-0.1, -0.05) is 20.8 Å². The maximum atomic E-state index is 11.0. The van der Waals surface area contributed by atoms with E-state index in [2.05, 4.69) is 12.2 Å². The van der Waals surface area contributed by atoms with Crippen LogP contribution in [0.25, 0.3) is 0 Å². The van der Waals surface area contributed by atoms with E-state index in [9.17, 15) is 4.79 Å². The van der Waals surface area contributed by atoms with Gasteiger partial charge in [0.15, 0.2) is 0 Å². The summed E-state index contributed by atoms with van der Waals surface area (Å²) < 4.78 is 5.30. The maximum absolute atomic E-state index is 11.0. The van der Waals surface area contributed by atoms with Crippen LogP contribution < -0.4 is 11.1 Å². The topological polar surface area (TPSA) is 64.3 Å². The zero-order valence-electron chi connectivity index (χ0n) is 9.38. The molecule has 0 spiro atoms. The molecule has 0 fully saturated rings. The molecule has 0 bridgehead atoms. The second-order valence-electron chi connectivity index (χ2n) is 3.68. The molecular formula is C10H22N2O2.